The minimum atomic E-state index is -0.202. The first-order chi connectivity index (χ1) is 7.55. The van der Waals surface area contributed by atoms with Gasteiger partial charge in [-0.1, -0.05) is 0 Å². The molecule has 1 heterocycles. The maximum Gasteiger partial charge on any atom is 0.164 e. The van der Waals surface area contributed by atoms with Crippen LogP contribution in [-0.4, -0.2) is 19.8 Å². The van der Waals surface area contributed by atoms with Gasteiger partial charge in [-0.25, -0.2) is 0 Å². The molecule has 0 saturated carbocycles. The zero-order valence-corrected chi connectivity index (χ0v) is 10.1. The van der Waals surface area contributed by atoms with Gasteiger partial charge in [0, 0.05) is 18.1 Å². The highest BCUT2D eigenvalue weighted by molar-refractivity contribution is 5.54. The maximum absolute atomic E-state index is 5.86. The third kappa shape index (κ3) is 1.94. The molecule has 2 rings (SSSR count). The Hall–Kier alpha value is -1.38. The molecule has 0 fully saturated rings. The molecule has 3 nitrogen and oxygen atoms in total. The van der Waals surface area contributed by atoms with E-state index in [0.717, 1.165) is 17.7 Å². The number of benzene rings is 1. The van der Waals surface area contributed by atoms with Gasteiger partial charge in [0.15, 0.2) is 11.5 Å². The summed E-state index contributed by atoms with van der Waals surface area (Å²) in [6.45, 7) is 4.08. The van der Waals surface area contributed by atoms with Crippen molar-refractivity contribution in [3.63, 3.8) is 0 Å². The van der Waals surface area contributed by atoms with E-state index in [-0.39, 0.29) is 5.60 Å². The molecule has 0 aromatic heterocycles. The van der Waals surface area contributed by atoms with Gasteiger partial charge in [0.25, 0.3) is 0 Å². The van der Waals surface area contributed by atoms with Crippen molar-refractivity contribution >= 4 is 0 Å². The molecule has 1 aromatic rings. The second-order valence-electron chi connectivity index (χ2n) is 4.42. The van der Waals surface area contributed by atoms with Gasteiger partial charge < -0.3 is 14.2 Å². The highest BCUT2D eigenvalue weighted by Crippen LogP contribution is 2.41. The van der Waals surface area contributed by atoms with Gasteiger partial charge in [-0.2, -0.15) is 0 Å². The molecule has 0 aliphatic carbocycles. The number of fused-ring (bicyclic) bond motifs is 1. The summed E-state index contributed by atoms with van der Waals surface area (Å²) >= 11 is 0. The minimum absolute atomic E-state index is 0.202. The number of ether oxygens (including phenoxy) is 3. The van der Waals surface area contributed by atoms with Crippen LogP contribution in [-0.2, 0) is 0 Å². The van der Waals surface area contributed by atoms with E-state index in [4.69, 9.17) is 14.2 Å². The van der Waals surface area contributed by atoms with Gasteiger partial charge in [0.1, 0.15) is 11.4 Å². The van der Waals surface area contributed by atoms with Crippen LogP contribution in [0.3, 0.4) is 0 Å². The molecule has 1 aliphatic rings. The third-order valence-corrected chi connectivity index (χ3v) is 2.58. The fraction of sp³-hybridized carbons (Fsp3) is 0.462. The summed E-state index contributed by atoms with van der Waals surface area (Å²) in [4.78, 5) is 0. The molecule has 3 heteroatoms. The molecule has 0 saturated heterocycles. The van der Waals surface area contributed by atoms with Crippen molar-refractivity contribution in [3.05, 3.63) is 24.1 Å². The van der Waals surface area contributed by atoms with Crippen molar-refractivity contribution in [1.82, 2.24) is 0 Å². The van der Waals surface area contributed by atoms with Crippen LogP contribution < -0.4 is 14.2 Å². The number of rotatable bonds is 2. The van der Waals surface area contributed by atoms with E-state index in [1.54, 1.807) is 14.2 Å². The predicted octanol–water partition coefficient (Wildman–Crippen LogP) is 2.69. The molecule has 1 aromatic carbocycles. The first-order valence-electron chi connectivity index (χ1n) is 5.24. The standard InChI is InChI=1S/C13H16O3/c1-13(2)6-5-9-7-11(14-3)12(15-4)8-10(9)16-13/h7-8H,6H2,1-4H3. The van der Waals surface area contributed by atoms with Crippen molar-refractivity contribution in [2.75, 3.05) is 14.2 Å². The Morgan fingerprint density at radius 3 is 2.44 bits per heavy atom. The Morgan fingerprint density at radius 2 is 1.81 bits per heavy atom. The molecule has 0 amide bonds. The Labute approximate surface area is 96.3 Å². The summed E-state index contributed by atoms with van der Waals surface area (Å²) in [7, 11) is 3.24. The van der Waals surface area contributed by atoms with Crippen LogP contribution in [0.5, 0.6) is 17.2 Å². The van der Waals surface area contributed by atoms with Crippen molar-refractivity contribution in [2.45, 2.75) is 25.9 Å². The van der Waals surface area contributed by atoms with Gasteiger partial charge in [-0.15, -0.1) is 0 Å². The molecule has 0 N–H and O–H groups in total. The molecular formula is C13H16O3. The minimum Gasteiger partial charge on any atom is -0.493 e. The van der Waals surface area contributed by atoms with Gasteiger partial charge in [-0.3, -0.25) is 0 Å². The van der Waals surface area contributed by atoms with Crippen molar-refractivity contribution in [3.8, 4) is 17.2 Å². The van der Waals surface area contributed by atoms with Gasteiger partial charge in [0.05, 0.1) is 14.2 Å². The molecule has 0 unspecified atom stereocenters. The summed E-state index contributed by atoms with van der Waals surface area (Å²) in [6.07, 6.45) is 4.09. The van der Waals surface area contributed by atoms with Gasteiger partial charge in [0.2, 0.25) is 0 Å². The molecule has 86 valence electrons. The summed E-state index contributed by atoms with van der Waals surface area (Å²) in [5.41, 5.74) is 0.740. The van der Waals surface area contributed by atoms with Gasteiger partial charge >= 0.3 is 0 Å². The van der Waals surface area contributed by atoms with Crippen molar-refractivity contribution < 1.29 is 14.2 Å². The second-order valence-corrected chi connectivity index (χ2v) is 4.42. The van der Waals surface area contributed by atoms with Crippen LogP contribution in [0.25, 0.3) is 0 Å². The van der Waals surface area contributed by atoms with E-state index < -0.39 is 0 Å². The van der Waals surface area contributed by atoms with Crippen LogP contribution in [0, 0.1) is 6.42 Å². The summed E-state index contributed by atoms with van der Waals surface area (Å²) in [5.74, 6) is 2.19. The molecule has 2 radical (unpaired) electrons. The van der Waals surface area contributed by atoms with E-state index >= 15 is 0 Å². The molecule has 16 heavy (non-hydrogen) atoms. The lowest BCUT2D eigenvalue weighted by Gasteiger charge is -2.32. The SMILES string of the molecule is COc1cc2c(cc1OC)OC(C)(C)C[C]2. The van der Waals surface area contributed by atoms with E-state index in [9.17, 15) is 0 Å². The lowest BCUT2D eigenvalue weighted by atomic mass is 9.94. The molecular weight excluding hydrogens is 204 g/mol. The van der Waals surface area contributed by atoms with Crippen LogP contribution >= 0.6 is 0 Å². The lowest BCUT2D eigenvalue weighted by molar-refractivity contribution is 0.0981. The average molecular weight is 220 g/mol. The monoisotopic (exact) mass is 220 g/mol. The molecule has 0 spiro atoms. The zero-order valence-electron chi connectivity index (χ0n) is 10.1. The zero-order chi connectivity index (χ0) is 11.8. The largest absolute Gasteiger partial charge is 0.493 e. The number of hydrogen-bond acceptors (Lipinski definition) is 3. The van der Waals surface area contributed by atoms with Crippen LogP contribution in [0.15, 0.2) is 12.1 Å². The topological polar surface area (TPSA) is 27.7 Å². The predicted molar refractivity (Wildman–Crippen MR) is 61.2 cm³/mol. The Bertz CT molecular complexity index is 396. The van der Waals surface area contributed by atoms with E-state index in [1.807, 2.05) is 26.0 Å². The first-order valence-corrected chi connectivity index (χ1v) is 5.24. The normalized spacial score (nSPS) is 17.2. The van der Waals surface area contributed by atoms with Crippen LogP contribution in [0.1, 0.15) is 25.8 Å². The number of methoxy groups -OCH3 is 2. The second kappa shape index (κ2) is 3.89. The Balaban J connectivity index is 2.42. The molecule has 1 aliphatic heterocycles. The highest BCUT2D eigenvalue weighted by Gasteiger charge is 2.28. The fourth-order valence-electron chi connectivity index (χ4n) is 1.72. The van der Waals surface area contributed by atoms with E-state index in [0.29, 0.717) is 11.5 Å². The van der Waals surface area contributed by atoms with Crippen LogP contribution in [0.4, 0.5) is 0 Å². The lowest BCUT2D eigenvalue weighted by Crippen LogP contribution is -2.31. The summed E-state index contributed by atoms with van der Waals surface area (Å²) < 4.78 is 16.3. The Kier molecular flexibility index (Phi) is 2.70. The molecule has 0 atom stereocenters. The summed E-state index contributed by atoms with van der Waals surface area (Å²) in [6, 6.07) is 3.74. The van der Waals surface area contributed by atoms with E-state index in [2.05, 4.69) is 6.42 Å². The van der Waals surface area contributed by atoms with E-state index in [1.165, 1.54) is 0 Å². The fourth-order valence-corrected chi connectivity index (χ4v) is 1.72. The third-order valence-electron chi connectivity index (χ3n) is 2.58. The quantitative estimate of drug-likeness (QED) is 0.767. The van der Waals surface area contributed by atoms with Crippen LogP contribution in [0.2, 0.25) is 0 Å². The van der Waals surface area contributed by atoms with Crippen molar-refractivity contribution in [2.24, 2.45) is 0 Å². The Morgan fingerprint density at radius 1 is 1.19 bits per heavy atom. The van der Waals surface area contributed by atoms with Gasteiger partial charge in [-0.05, 0) is 26.3 Å². The van der Waals surface area contributed by atoms with Crippen molar-refractivity contribution in [1.29, 1.82) is 0 Å². The smallest absolute Gasteiger partial charge is 0.164 e. The first kappa shape index (κ1) is 11.1. The maximum atomic E-state index is 5.86. The molecule has 0 bridgehead atoms. The highest BCUT2D eigenvalue weighted by atomic mass is 16.5. The number of hydrogen-bond donors (Lipinski definition) is 0. The summed E-state index contributed by atoms with van der Waals surface area (Å²) in [5, 5.41) is 0. The average Bonchev–Trinajstić information content (AvgIpc) is 2.26.